The molecule has 2 nitrogen and oxygen atoms in total. The van der Waals surface area contributed by atoms with Crippen molar-refractivity contribution < 1.29 is 0 Å². The van der Waals surface area contributed by atoms with Crippen LogP contribution in [0.5, 0.6) is 0 Å². The van der Waals surface area contributed by atoms with Crippen LogP contribution in [0.3, 0.4) is 0 Å². The van der Waals surface area contributed by atoms with Gasteiger partial charge in [0.15, 0.2) is 0 Å². The average molecular weight is 979 g/mol. The van der Waals surface area contributed by atoms with Crippen molar-refractivity contribution in [1.29, 1.82) is 0 Å². The molecule has 72 heavy (non-hydrogen) atoms. The summed E-state index contributed by atoms with van der Waals surface area (Å²) in [7, 11) is 0. The molecule has 1 aliphatic rings. The number of hydrogen-bond acceptors (Lipinski definition) is 4. The second kappa shape index (κ2) is 20.4. The van der Waals surface area contributed by atoms with Gasteiger partial charge in [0.25, 0.3) is 0 Å². The van der Waals surface area contributed by atoms with Crippen LogP contribution in [0, 0.1) is 0 Å². The molecule has 0 N–H and O–H groups in total. The highest BCUT2D eigenvalue weighted by molar-refractivity contribution is 8.27. The summed E-state index contributed by atoms with van der Waals surface area (Å²) in [5.74, 6) is 1.87. The van der Waals surface area contributed by atoms with Gasteiger partial charge >= 0.3 is 0 Å². The summed E-state index contributed by atoms with van der Waals surface area (Å²) in [4.78, 5) is 11.8. The van der Waals surface area contributed by atoms with Crippen LogP contribution in [0.15, 0.2) is 192 Å². The Morgan fingerprint density at radius 2 is 0.514 bits per heavy atom. The third-order valence-corrected chi connectivity index (χ3v) is 16.2. The largest absolute Gasteiger partial charge is 0.238 e. The van der Waals surface area contributed by atoms with Crippen molar-refractivity contribution in [3.63, 3.8) is 0 Å². The van der Waals surface area contributed by atoms with Gasteiger partial charge in [0.1, 0.15) is 10.1 Å². The normalized spacial score (nSPS) is 14.8. The molecule has 8 aromatic carbocycles. The lowest BCUT2D eigenvalue weighted by molar-refractivity contribution is 0.590. The minimum Gasteiger partial charge on any atom is -0.238 e. The molecule has 364 valence electrons. The molecule has 1 heterocycles. The number of rotatable bonds is 8. The highest BCUT2D eigenvalue weighted by atomic mass is 32.2. The Balaban J connectivity index is 1.32. The lowest BCUT2D eigenvalue weighted by Crippen LogP contribution is -2.15. The maximum Gasteiger partial charge on any atom is 0.129 e. The minimum absolute atomic E-state index is 0.0228. The fourth-order valence-corrected chi connectivity index (χ4v) is 11.4. The Morgan fingerprint density at radius 3 is 0.736 bits per heavy atom. The maximum atomic E-state index is 5.90. The van der Waals surface area contributed by atoms with Crippen LogP contribution in [0.4, 0.5) is 11.4 Å². The lowest BCUT2D eigenvalue weighted by Gasteiger charge is -2.23. The maximum absolute atomic E-state index is 5.90. The van der Waals surface area contributed by atoms with Crippen molar-refractivity contribution in [1.82, 2.24) is 0 Å². The Morgan fingerprint density at radius 1 is 0.278 bits per heavy atom. The van der Waals surface area contributed by atoms with Crippen LogP contribution in [0.1, 0.15) is 105 Å². The number of thioether (sulfide) groups is 2. The van der Waals surface area contributed by atoms with Crippen molar-refractivity contribution >= 4 is 45.0 Å². The van der Waals surface area contributed by atoms with E-state index in [0.29, 0.717) is 0 Å². The topological polar surface area (TPSA) is 24.7 Å². The number of benzene rings is 8. The molecule has 1 aliphatic heterocycles. The number of aliphatic imine (C=N–C) groups is 2. The quantitative estimate of drug-likeness (QED) is 0.152. The molecule has 9 rings (SSSR count). The molecule has 0 aliphatic carbocycles. The van der Waals surface area contributed by atoms with Crippen LogP contribution in [-0.4, -0.2) is 21.6 Å². The summed E-state index contributed by atoms with van der Waals surface area (Å²) in [6.45, 7) is 27.4. The van der Waals surface area contributed by atoms with Gasteiger partial charge in [0, 0.05) is 33.8 Å². The molecule has 4 heteroatoms. The van der Waals surface area contributed by atoms with E-state index < -0.39 is 0 Å². The molecule has 0 atom stereocenters. The van der Waals surface area contributed by atoms with Crippen molar-refractivity contribution in [3.05, 3.63) is 204 Å². The van der Waals surface area contributed by atoms with E-state index in [-0.39, 0.29) is 21.7 Å². The first-order chi connectivity index (χ1) is 34.2. The first kappa shape index (κ1) is 50.7. The Bertz CT molecular complexity index is 2860. The predicted octanol–water partition coefficient (Wildman–Crippen LogP) is 20.1. The van der Waals surface area contributed by atoms with E-state index in [2.05, 4.69) is 265 Å². The SMILES string of the molecule is CC(C)(C)c1ccc(-c2cc(-c3ccccc3)cc(-c3ccc(C(C)(C)C)cc3)c2N=C2SCCSC2=Nc2c(-c3ccc(C(C)(C)C)cc3)cc(-c3ccccc3)cc2-c2ccc(C(C)(C)C)cc2)cc1. The number of hydrogen-bond donors (Lipinski definition) is 0. The summed E-state index contributed by atoms with van der Waals surface area (Å²) < 4.78 is 0. The first-order valence-electron chi connectivity index (χ1n) is 25.5. The molecule has 0 saturated carbocycles. The van der Waals surface area contributed by atoms with Crippen LogP contribution >= 0.6 is 23.5 Å². The molecule has 0 amide bonds. The summed E-state index contributed by atoms with van der Waals surface area (Å²) in [6, 6.07) is 67.7. The van der Waals surface area contributed by atoms with Gasteiger partial charge in [-0.25, -0.2) is 9.98 Å². The van der Waals surface area contributed by atoms with E-state index in [9.17, 15) is 0 Å². The molecule has 0 bridgehead atoms. The minimum atomic E-state index is 0.0228. The molecule has 0 aromatic heterocycles. The van der Waals surface area contributed by atoms with Gasteiger partial charge in [0.05, 0.1) is 11.4 Å². The monoisotopic (exact) mass is 978 g/mol. The lowest BCUT2D eigenvalue weighted by atomic mass is 9.84. The van der Waals surface area contributed by atoms with Gasteiger partial charge in [-0.2, -0.15) is 0 Å². The highest BCUT2D eigenvalue weighted by Gasteiger charge is 2.26. The van der Waals surface area contributed by atoms with Gasteiger partial charge in [0.2, 0.25) is 0 Å². The second-order valence-electron chi connectivity index (χ2n) is 23.4. The Kier molecular flexibility index (Phi) is 14.4. The molecule has 8 aromatic rings. The van der Waals surface area contributed by atoms with E-state index in [1.54, 1.807) is 0 Å². The van der Waals surface area contributed by atoms with Crippen LogP contribution in [0.25, 0.3) is 66.8 Å². The van der Waals surface area contributed by atoms with Crippen molar-refractivity contribution in [2.24, 2.45) is 9.98 Å². The Labute approximate surface area is 439 Å². The van der Waals surface area contributed by atoms with Gasteiger partial charge in [-0.05, 0) is 113 Å². The first-order valence-corrected chi connectivity index (χ1v) is 27.5. The van der Waals surface area contributed by atoms with Gasteiger partial charge in [-0.15, -0.1) is 23.5 Å². The van der Waals surface area contributed by atoms with Crippen LogP contribution in [0.2, 0.25) is 0 Å². The third-order valence-electron chi connectivity index (χ3n) is 13.9. The third kappa shape index (κ3) is 11.4. The number of nitrogens with zero attached hydrogens (tertiary/aromatic N) is 2. The van der Waals surface area contributed by atoms with Crippen molar-refractivity contribution in [2.75, 3.05) is 11.5 Å². The van der Waals surface area contributed by atoms with E-state index in [1.165, 1.54) is 33.4 Å². The second-order valence-corrected chi connectivity index (χ2v) is 25.6. The van der Waals surface area contributed by atoms with Crippen LogP contribution < -0.4 is 0 Å². The van der Waals surface area contributed by atoms with Gasteiger partial charge in [-0.1, -0.05) is 241 Å². The van der Waals surface area contributed by atoms with Crippen molar-refractivity contribution in [3.8, 4) is 66.8 Å². The predicted molar refractivity (Wildman–Crippen MR) is 319 cm³/mol. The van der Waals surface area contributed by atoms with Crippen molar-refractivity contribution in [2.45, 2.75) is 105 Å². The van der Waals surface area contributed by atoms with Gasteiger partial charge in [-0.3, -0.25) is 0 Å². The summed E-state index contributed by atoms with van der Waals surface area (Å²) in [5.41, 5.74) is 20.8. The zero-order valence-corrected chi connectivity index (χ0v) is 46.1. The van der Waals surface area contributed by atoms with E-state index in [4.69, 9.17) is 9.98 Å². The standard InChI is InChI=1S/C68H70N2S2/c1-65(2,3)53-31-23-47(24-32-53)57-41-51(45-19-15-13-16-20-45)42-58(48-25-33-54(34-26-48)66(4,5)6)61(57)69-63-64(72-40-39-71-63)70-62-59(49-27-35-55(36-28-49)67(7,8)9)43-52(46-21-17-14-18-22-46)44-60(62)50-29-37-56(38-30-50)68(10,11)12/h13-38,41-44H,39-40H2,1-12H3. The zero-order chi connectivity index (χ0) is 51.0. The van der Waals surface area contributed by atoms with E-state index in [0.717, 1.165) is 88.6 Å². The zero-order valence-electron chi connectivity index (χ0n) is 44.4. The molecule has 0 spiro atoms. The highest BCUT2D eigenvalue weighted by Crippen LogP contribution is 2.48. The smallest absolute Gasteiger partial charge is 0.129 e. The molecule has 0 unspecified atom stereocenters. The average Bonchev–Trinajstić information content (AvgIpc) is 3.36. The fourth-order valence-electron chi connectivity index (χ4n) is 9.35. The molecule has 0 radical (unpaired) electrons. The van der Waals surface area contributed by atoms with Gasteiger partial charge < -0.3 is 0 Å². The van der Waals surface area contributed by atoms with E-state index >= 15 is 0 Å². The summed E-state index contributed by atoms with van der Waals surface area (Å²) in [6.07, 6.45) is 0. The molecular weight excluding hydrogens is 909 g/mol. The summed E-state index contributed by atoms with van der Waals surface area (Å²) in [5, 5.41) is 1.88. The van der Waals surface area contributed by atoms with Crippen LogP contribution in [-0.2, 0) is 21.7 Å². The van der Waals surface area contributed by atoms with E-state index in [1.807, 2.05) is 23.5 Å². The molecule has 1 fully saturated rings. The molecular formula is C68H70N2S2. The Hall–Kier alpha value is -6.20. The summed E-state index contributed by atoms with van der Waals surface area (Å²) >= 11 is 3.63. The molecule has 1 saturated heterocycles. The fraction of sp³-hybridized carbons (Fsp3) is 0.265.